The number of anilines is 1. The molecule has 0 bridgehead atoms. The molecule has 144 valence electrons. The van der Waals surface area contributed by atoms with Crippen molar-refractivity contribution < 1.29 is 9.53 Å². The molecule has 3 heterocycles. The summed E-state index contributed by atoms with van der Waals surface area (Å²) in [6.07, 6.45) is 4.97. The van der Waals surface area contributed by atoms with Gasteiger partial charge in [-0.05, 0) is 64.7 Å². The highest BCUT2D eigenvalue weighted by atomic mass is 32.1. The summed E-state index contributed by atoms with van der Waals surface area (Å²) in [4.78, 5) is 19.1. The number of benzene rings is 1. The number of hydrogen-bond acceptors (Lipinski definition) is 5. The van der Waals surface area contributed by atoms with E-state index in [0.717, 1.165) is 41.9 Å². The highest BCUT2D eigenvalue weighted by Crippen LogP contribution is 2.23. The molecule has 2 aromatic heterocycles. The molecule has 1 fully saturated rings. The fourth-order valence-corrected chi connectivity index (χ4v) is 4.10. The number of carbonyl (C=O) groups is 1. The van der Waals surface area contributed by atoms with Crippen molar-refractivity contribution in [1.29, 1.82) is 0 Å². The van der Waals surface area contributed by atoms with Gasteiger partial charge >= 0.3 is 0 Å². The van der Waals surface area contributed by atoms with Crippen LogP contribution < -0.4 is 10.2 Å². The minimum absolute atomic E-state index is 0.0799. The van der Waals surface area contributed by atoms with Crippen molar-refractivity contribution in [3.05, 3.63) is 70.7 Å². The van der Waals surface area contributed by atoms with Gasteiger partial charge in [0.05, 0.1) is 6.10 Å². The molecule has 0 aliphatic carbocycles. The Labute approximate surface area is 169 Å². The molecule has 0 spiro atoms. The predicted octanol–water partition coefficient (Wildman–Crippen LogP) is 3.97. The first-order valence-corrected chi connectivity index (χ1v) is 10.3. The second kappa shape index (κ2) is 8.54. The third-order valence-corrected chi connectivity index (χ3v) is 5.76. The summed E-state index contributed by atoms with van der Waals surface area (Å²) in [5.74, 6) is -0.0799. The molecule has 28 heavy (non-hydrogen) atoms. The van der Waals surface area contributed by atoms with Crippen LogP contribution in [0.5, 0.6) is 0 Å². The predicted molar refractivity (Wildman–Crippen MR) is 113 cm³/mol. The molecule has 4 rings (SSSR count). The van der Waals surface area contributed by atoms with E-state index in [1.807, 2.05) is 35.8 Å². The van der Waals surface area contributed by atoms with Crippen LogP contribution in [0.3, 0.4) is 0 Å². The first-order chi connectivity index (χ1) is 13.7. The Bertz CT molecular complexity index is 925. The van der Waals surface area contributed by atoms with Crippen molar-refractivity contribution in [2.45, 2.75) is 19.1 Å². The number of rotatable bonds is 6. The lowest BCUT2D eigenvalue weighted by molar-refractivity contribution is 0.0951. The van der Waals surface area contributed by atoms with Gasteiger partial charge in [0, 0.05) is 56.0 Å². The van der Waals surface area contributed by atoms with Crippen LogP contribution in [0.15, 0.2) is 59.6 Å². The number of aromatic nitrogens is 1. The minimum atomic E-state index is -0.0799. The lowest BCUT2D eigenvalue weighted by Crippen LogP contribution is -2.24. The SMILES string of the molecule is CO[C@H]1CCN(c2ccc(C(=O)NCc3cncc(-c4ccsc4)c3)cc2)C1. The Morgan fingerprint density at radius 1 is 1.25 bits per heavy atom. The Balaban J connectivity index is 1.36. The van der Waals surface area contributed by atoms with Crippen molar-refractivity contribution in [2.75, 3.05) is 25.1 Å². The number of thiophene rings is 1. The van der Waals surface area contributed by atoms with Crippen LogP contribution >= 0.6 is 11.3 Å². The Morgan fingerprint density at radius 3 is 2.82 bits per heavy atom. The zero-order chi connectivity index (χ0) is 19.3. The van der Waals surface area contributed by atoms with E-state index in [1.165, 1.54) is 0 Å². The van der Waals surface area contributed by atoms with Crippen molar-refractivity contribution in [3.63, 3.8) is 0 Å². The standard InChI is InChI=1S/C22H23N3O2S/c1-27-21-6-8-25(14-21)20-4-2-17(3-5-20)22(26)24-12-16-10-19(13-23-11-16)18-7-9-28-15-18/h2-5,7,9-11,13,15,21H,6,8,12,14H2,1H3,(H,24,26)/t21-/m0/s1. The van der Waals surface area contributed by atoms with Crippen LogP contribution in [0, 0.1) is 0 Å². The Hall–Kier alpha value is -2.70. The van der Waals surface area contributed by atoms with E-state index in [1.54, 1.807) is 24.6 Å². The van der Waals surface area contributed by atoms with E-state index < -0.39 is 0 Å². The van der Waals surface area contributed by atoms with Crippen molar-refractivity contribution in [1.82, 2.24) is 10.3 Å². The van der Waals surface area contributed by atoms with E-state index in [9.17, 15) is 4.79 Å². The van der Waals surface area contributed by atoms with Gasteiger partial charge < -0.3 is 15.0 Å². The molecule has 3 aromatic rings. The third-order valence-electron chi connectivity index (χ3n) is 5.08. The van der Waals surface area contributed by atoms with Crippen LogP contribution in [0.2, 0.25) is 0 Å². The quantitative estimate of drug-likeness (QED) is 0.689. The van der Waals surface area contributed by atoms with Gasteiger partial charge in [0.1, 0.15) is 0 Å². The smallest absolute Gasteiger partial charge is 0.251 e. The van der Waals surface area contributed by atoms with Gasteiger partial charge in [-0.25, -0.2) is 0 Å². The number of methoxy groups -OCH3 is 1. The normalized spacial score (nSPS) is 16.3. The molecule has 1 amide bonds. The summed E-state index contributed by atoms with van der Waals surface area (Å²) in [6.45, 7) is 2.33. The molecule has 0 radical (unpaired) electrons. The number of carbonyl (C=O) groups excluding carboxylic acids is 1. The molecule has 1 N–H and O–H groups in total. The summed E-state index contributed by atoms with van der Waals surface area (Å²) in [5, 5.41) is 7.12. The van der Waals surface area contributed by atoms with Gasteiger partial charge in [-0.3, -0.25) is 9.78 Å². The van der Waals surface area contributed by atoms with Crippen molar-refractivity contribution >= 4 is 22.9 Å². The van der Waals surface area contributed by atoms with Gasteiger partial charge in [0.15, 0.2) is 0 Å². The second-order valence-corrected chi connectivity index (χ2v) is 7.70. The Morgan fingerprint density at radius 2 is 2.11 bits per heavy atom. The van der Waals surface area contributed by atoms with Gasteiger partial charge in [-0.1, -0.05) is 0 Å². The highest BCUT2D eigenvalue weighted by molar-refractivity contribution is 7.08. The molecule has 5 nitrogen and oxygen atoms in total. The first kappa shape index (κ1) is 18.7. The van der Waals surface area contributed by atoms with Crippen LogP contribution in [0.4, 0.5) is 5.69 Å². The summed E-state index contributed by atoms with van der Waals surface area (Å²) in [5.41, 5.74) is 4.99. The number of amides is 1. The molecule has 1 atom stereocenters. The molecule has 1 aliphatic heterocycles. The Kier molecular flexibility index (Phi) is 5.69. The number of ether oxygens (including phenoxy) is 1. The maximum absolute atomic E-state index is 12.5. The average molecular weight is 394 g/mol. The highest BCUT2D eigenvalue weighted by Gasteiger charge is 2.22. The zero-order valence-corrected chi connectivity index (χ0v) is 16.6. The summed E-state index contributed by atoms with van der Waals surface area (Å²) < 4.78 is 5.42. The van der Waals surface area contributed by atoms with Gasteiger partial charge in [-0.2, -0.15) is 11.3 Å². The summed E-state index contributed by atoms with van der Waals surface area (Å²) in [7, 11) is 1.76. The van der Waals surface area contributed by atoms with Crippen molar-refractivity contribution in [3.8, 4) is 11.1 Å². The largest absolute Gasteiger partial charge is 0.380 e. The van der Waals surface area contributed by atoms with E-state index in [0.29, 0.717) is 18.2 Å². The number of nitrogens with one attached hydrogen (secondary N) is 1. The van der Waals surface area contributed by atoms with Gasteiger partial charge in [0.25, 0.3) is 5.91 Å². The molecule has 6 heteroatoms. The maximum Gasteiger partial charge on any atom is 0.251 e. The average Bonchev–Trinajstić information content (AvgIpc) is 3.44. The maximum atomic E-state index is 12.5. The second-order valence-electron chi connectivity index (χ2n) is 6.92. The minimum Gasteiger partial charge on any atom is -0.380 e. The summed E-state index contributed by atoms with van der Waals surface area (Å²) >= 11 is 1.66. The monoisotopic (exact) mass is 393 g/mol. The van der Waals surface area contributed by atoms with Crippen molar-refractivity contribution in [2.24, 2.45) is 0 Å². The van der Waals surface area contributed by atoms with E-state index in [4.69, 9.17) is 4.74 Å². The van der Waals surface area contributed by atoms with Gasteiger partial charge in [0.2, 0.25) is 0 Å². The molecular weight excluding hydrogens is 370 g/mol. The van der Waals surface area contributed by atoms with Crippen LogP contribution in [0.25, 0.3) is 11.1 Å². The first-order valence-electron chi connectivity index (χ1n) is 9.35. The molecular formula is C22H23N3O2S. The fourth-order valence-electron chi connectivity index (χ4n) is 3.43. The van der Waals surface area contributed by atoms with E-state index >= 15 is 0 Å². The van der Waals surface area contributed by atoms with Crippen LogP contribution in [-0.2, 0) is 11.3 Å². The zero-order valence-electron chi connectivity index (χ0n) is 15.8. The topological polar surface area (TPSA) is 54.5 Å². The lowest BCUT2D eigenvalue weighted by Gasteiger charge is -2.18. The van der Waals surface area contributed by atoms with E-state index in [-0.39, 0.29) is 5.91 Å². The van der Waals surface area contributed by atoms with Gasteiger partial charge in [-0.15, -0.1) is 0 Å². The number of pyridine rings is 1. The summed E-state index contributed by atoms with van der Waals surface area (Å²) in [6, 6.07) is 11.9. The molecule has 1 aliphatic rings. The molecule has 1 saturated heterocycles. The molecule has 1 aromatic carbocycles. The number of hydrogen-bond donors (Lipinski definition) is 1. The molecule has 0 unspecified atom stereocenters. The third kappa shape index (κ3) is 4.24. The number of nitrogens with zero attached hydrogens (tertiary/aromatic N) is 2. The van der Waals surface area contributed by atoms with E-state index in [2.05, 4.69) is 32.7 Å². The lowest BCUT2D eigenvalue weighted by atomic mass is 10.1. The van der Waals surface area contributed by atoms with Crippen LogP contribution in [0.1, 0.15) is 22.3 Å². The molecule has 0 saturated carbocycles. The van der Waals surface area contributed by atoms with Crippen LogP contribution in [-0.4, -0.2) is 37.2 Å². The fraction of sp³-hybridized carbons (Fsp3) is 0.273.